The van der Waals surface area contributed by atoms with Gasteiger partial charge >= 0.3 is 0 Å². The Morgan fingerprint density at radius 1 is 1.45 bits per heavy atom. The second kappa shape index (κ2) is 4.63. The molecule has 0 bridgehead atoms. The van der Waals surface area contributed by atoms with Gasteiger partial charge in [0.2, 0.25) is 0 Å². The van der Waals surface area contributed by atoms with Gasteiger partial charge in [-0.1, -0.05) is 0 Å². The van der Waals surface area contributed by atoms with Crippen molar-refractivity contribution >= 4 is 17.0 Å². The third-order valence-corrected chi connectivity index (χ3v) is 3.50. The minimum atomic E-state index is -1.51. The first-order valence-electron chi connectivity index (χ1n) is 6.09. The highest BCUT2D eigenvalue weighted by Crippen LogP contribution is 2.27. The molecule has 2 aromatic heterocycles. The maximum atomic E-state index is 10.5. The van der Waals surface area contributed by atoms with Gasteiger partial charge in [0.05, 0.1) is 26.1 Å². The molecule has 0 amide bonds. The largest absolute Gasteiger partial charge is 0.394 e. The molecule has 0 aromatic carbocycles. The number of aliphatic hydroxyl groups is 3. The fourth-order valence-corrected chi connectivity index (χ4v) is 2.38. The fourth-order valence-electron chi connectivity index (χ4n) is 2.38. The predicted octanol–water partition coefficient (Wildman–Crippen LogP) is -2.11. The molecule has 2 aromatic rings. The Bertz CT molecular complexity index is 632. The van der Waals surface area contributed by atoms with Crippen molar-refractivity contribution in [2.24, 2.45) is 0 Å². The number of anilines is 1. The first-order chi connectivity index (χ1) is 9.55. The quantitative estimate of drug-likeness (QED) is 0.501. The summed E-state index contributed by atoms with van der Waals surface area (Å²) in [5.41, 5.74) is 5.07. The second-order valence-corrected chi connectivity index (χ2v) is 4.88. The highest BCUT2D eigenvalue weighted by Gasteiger charge is 2.48. The maximum absolute atomic E-state index is 10.5. The van der Waals surface area contributed by atoms with E-state index in [0.29, 0.717) is 11.2 Å². The van der Waals surface area contributed by atoms with E-state index in [1.54, 1.807) is 4.57 Å². The molecule has 0 spiro atoms. The smallest absolute Gasteiger partial charge is 0.165 e. The highest BCUT2D eigenvalue weighted by molar-refractivity contribution is 5.81. The molecule has 3 atom stereocenters. The SMILES string of the molecule is Nc1ncnc2c1ncn2C[C@]1(O)CO[C@H](CO)[C@H]1O. The lowest BCUT2D eigenvalue weighted by Gasteiger charge is -2.26. The molecule has 9 heteroatoms. The summed E-state index contributed by atoms with van der Waals surface area (Å²) in [6.45, 7) is -0.416. The molecule has 9 nitrogen and oxygen atoms in total. The first kappa shape index (κ1) is 13.2. The summed E-state index contributed by atoms with van der Waals surface area (Å²) in [7, 11) is 0. The van der Waals surface area contributed by atoms with Gasteiger partial charge in [0.25, 0.3) is 0 Å². The van der Waals surface area contributed by atoms with Crippen molar-refractivity contribution in [2.45, 2.75) is 24.4 Å². The molecule has 5 N–H and O–H groups in total. The monoisotopic (exact) mass is 281 g/mol. The molecule has 1 fully saturated rings. The van der Waals surface area contributed by atoms with E-state index < -0.39 is 17.8 Å². The number of ether oxygens (including phenoxy) is 1. The Morgan fingerprint density at radius 2 is 2.25 bits per heavy atom. The van der Waals surface area contributed by atoms with E-state index in [1.807, 2.05) is 0 Å². The lowest BCUT2D eigenvalue weighted by atomic mass is 9.96. The predicted molar refractivity (Wildman–Crippen MR) is 67.5 cm³/mol. The maximum Gasteiger partial charge on any atom is 0.165 e. The van der Waals surface area contributed by atoms with Crippen LogP contribution in [-0.2, 0) is 11.3 Å². The van der Waals surface area contributed by atoms with E-state index in [4.69, 9.17) is 15.6 Å². The molecular weight excluding hydrogens is 266 g/mol. The molecule has 1 saturated heterocycles. The zero-order chi connectivity index (χ0) is 14.3. The van der Waals surface area contributed by atoms with Gasteiger partial charge in [-0.15, -0.1) is 0 Å². The molecule has 1 aliphatic heterocycles. The highest BCUT2D eigenvalue weighted by atomic mass is 16.5. The number of hydrogen-bond acceptors (Lipinski definition) is 8. The number of nitrogens with zero attached hydrogens (tertiary/aromatic N) is 4. The molecule has 0 radical (unpaired) electrons. The zero-order valence-electron chi connectivity index (χ0n) is 10.5. The van der Waals surface area contributed by atoms with Gasteiger partial charge in [0.1, 0.15) is 29.7 Å². The number of rotatable bonds is 3. The van der Waals surface area contributed by atoms with Gasteiger partial charge in [0.15, 0.2) is 11.5 Å². The Morgan fingerprint density at radius 3 is 2.95 bits per heavy atom. The molecule has 1 aliphatic rings. The Hall–Kier alpha value is -1.81. The van der Waals surface area contributed by atoms with Gasteiger partial charge in [-0.3, -0.25) is 0 Å². The fraction of sp³-hybridized carbons (Fsp3) is 0.545. The standard InChI is InChI=1S/C11H15N5O4/c12-9-7-10(14-4-13-9)16(5-15-7)2-11(19)3-20-6(1-17)8(11)18/h4-6,8,17-19H,1-3H2,(H2,12,13,14)/t6-,8-,11+/m1/s1. The van der Waals surface area contributed by atoms with Crippen LogP contribution in [0.5, 0.6) is 0 Å². The molecule has 3 heterocycles. The van der Waals surface area contributed by atoms with E-state index in [2.05, 4.69) is 15.0 Å². The molecule has 0 aliphatic carbocycles. The van der Waals surface area contributed by atoms with Crippen LogP contribution in [0, 0.1) is 0 Å². The molecule has 108 valence electrons. The van der Waals surface area contributed by atoms with Gasteiger partial charge in [0, 0.05) is 0 Å². The van der Waals surface area contributed by atoms with E-state index in [0.717, 1.165) is 0 Å². The van der Waals surface area contributed by atoms with Crippen molar-refractivity contribution in [3.05, 3.63) is 12.7 Å². The van der Waals surface area contributed by atoms with Crippen LogP contribution in [0.4, 0.5) is 5.82 Å². The lowest BCUT2D eigenvalue weighted by molar-refractivity contribution is -0.0644. The Kier molecular flexibility index (Phi) is 3.05. The summed E-state index contributed by atoms with van der Waals surface area (Å²) < 4.78 is 6.74. The van der Waals surface area contributed by atoms with E-state index in [-0.39, 0.29) is 25.6 Å². The van der Waals surface area contributed by atoms with Gasteiger partial charge in [-0.25, -0.2) is 15.0 Å². The molecule has 0 saturated carbocycles. The second-order valence-electron chi connectivity index (χ2n) is 4.88. The van der Waals surface area contributed by atoms with E-state index in [1.165, 1.54) is 12.7 Å². The first-order valence-corrected chi connectivity index (χ1v) is 6.09. The number of nitrogen functional groups attached to an aromatic ring is 1. The van der Waals surface area contributed by atoms with Gasteiger partial charge in [-0.05, 0) is 0 Å². The average Bonchev–Trinajstić information content (AvgIpc) is 2.95. The third-order valence-electron chi connectivity index (χ3n) is 3.50. The summed E-state index contributed by atoms with van der Waals surface area (Å²) in [4.78, 5) is 12.0. The number of imidazole rings is 1. The number of nitrogens with two attached hydrogens (primary N) is 1. The van der Waals surface area contributed by atoms with Crippen LogP contribution >= 0.6 is 0 Å². The lowest BCUT2D eigenvalue weighted by Crippen LogP contribution is -2.47. The third kappa shape index (κ3) is 1.91. The van der Waals surface area contributed by atoms with Gasteiger partial charge < -0.3 is 30.4 Å². The summed E-state index contributed by atoms with van der Waals surface area (Å²) in [6.07, 6.45) is 0.781. The summed E-state index contributed by atoms with van der Waals surface area (Å²) in [5.74, 6) is 0.247. The molecule has 3 rings (SSSR count). The van der Waals surface area contributed by atoms with Crippen LogP contribution in [-0.4, -0.2) is 65.9 Å². The van der Waals surface area contributed by atoms with Crippen molar-refractivity contribution in [3.8, 4) is 0 Å². The number of aliphatic hydroxyl groups excluding tert-OH is 2. The van der Waals surface area contributed by atoms with Crippen LogP contribution in [0.1, 0.15) is 0 Å². The summed E-state index contributed by atoms with van der Waals surface area (Å²) in [5, 5.41) is 29.5. The van der Waals surface area contributed by atoms with E-state index in [9.17, 15) is 10.2 Å². The number of hydrogen-bond donors (Lipinski definition) is 4. The van der Waals surface area contributed by atoms with Crippen LogP contribution in [0.3, 0.4) is 0 Å². The van der Waals surface area contributed by atoms with Crippen LogP contribution in [0.2, 0.25) is 0 Å². The molecular formula is C11H15N5O4. The number of fused-ring (bicyclic) bond motifs is 1. The molecule has 20 heavy (non-hydrogen) atoms. The topological polar surface area (TPSA) is 140 Å². The summed E-state index contributed by atoms with van der Waals surface area (Å²) in [6, 6.07) is 0. The van der Waals surface area contributed by atoms with Crippen LogP contribution in [0.15, 0.2) is 12.7 Å². The average molecular weight is 281 g/mol. The van der Waals surface area contributed by atoms with Crippen molar-refractivity contribution in [2.75, 3.05) is 18.9 Å². The van der Waals surface area contributed by atoms with E-state index >= 15 is 0 Å². The minimum absolute atomic E-state index is 0.0254. The Labute approximate surface area is 113 Å². The summed E-state index contributed by atoms with van der Waals surface area (Å²) >= 11 is 0. The van der Waals surface area contributed by atoms with Crippen LogP contribution < -0.4 is 5.73 Å². The van der Waals surface area contributed by atoms with Crippen molar-refractivity contribution in [3.63, 3.8) is 0 Å². The minimum Gasteiger partial charge on any atom is -0.394 e. The molecule has 0 unspecified atom stereocenters. The van der Waals surface area contributed by atoms with Crippen molar-refractivity contribution in [1.29, 1.82) is 0 Å². The Balaban J connectivity index is 1.92. The van der Waals surface area contributed by atoms with Crippen molar-refractivity contribution < 1.29 is 20.1 Å². The zero-order valence-corrected chi connectivity index (χ0v) is 10.5. The van der Waals surface area contributed by atoms with Crippen LogP contribution in [0.25, 0.3) is 11.2 Å². The number of aromatic nitrogens is 4. The van der Waals surface area contributed by atoms with Gasteiger partial charge in [-0.2, -0.15) is 0 Å². The normalized spacial score (nSPS) is 30.1. The van der Waals surface area contributed by atoms with Crippen molar-refractivity contribution in [1.82, 2.24) is 19.5 Å².